The zero-order chi connectivity index (χ0) is 18.9. The van der Waals surface area contributed by atoms with Crippen LogP contribution in [-0.2, 0) is 17.5 Å². The molecule has 0 saturated carbocycles. The minimum Gasteiger partial charge on any atom is -0.462 e. The van der Waals surface area contributed by atoms with Crippen LogP contribution >= 0.6 is 0 Å². The van der Waals surface area contributed by atoms with E-state index >= 15 is 0 Å². The lowest BCUT2D eigenvalue weighted by atomic mass is 10.1. The molecule has 0 saturated heterocycles. The van der Waals surface area contributed by atoms with E-state index in [1.54, 1.807) is 25.1 Å². The number of alkyl halides is 3. The Kier molecular flexibility index (Phi) is 4.71. The number of imidazole rings is 1. The second-order valence-corrected chi connectivity index (χ2v) is 5.86. The number of halogens is 3. The average Bonchev–Trinajstić information content (AvgIpc) is 2.90. The Morgan fingerprint density at radius 3 is 2.46 bits per heavy atom. The highest BCUT2D eigenvalue weighted by Crippen LogP contribution is 2.29. The van der Waals surface area contributed by atoms with E-state index < -0.39 is 17.7 Å². The minimum absolute atomic E-state index is 0.278. The topological polar surface area (TPSA) is 44.1 Å². The fraction of sp³-hybridized carbons (Fsp3) is 0.263. The fourth-order valence-corrected chi connectivity index (χ4v) is 2.77. The van der Waals surface area contributed by atoms with Crippen molar-refractivity contribution in [2.45, 2.75) is 26.6 Å². The number of hydrogen-bond donors (Lipinski definition) is 0. The van der Waals surface area contributed by atoms with Crippen molar-refractivity contribution in [3.63, 3.8) is 0 Å². The Morgan fingerprint density at radius 1 is 1.15 bits per heavy atom. The van der Waals surface area contributed by atoms with Gasteiger partial charge < -0.3 is 9.30 Å². The van der Waals surface area contributed by atoms with Gasteiger partial charge in [-0.2, -0.15) is 13.2 Å². The Morgan fingerprint density at radius 2 is 1.85 bits per heavy atom. The van der Waals surface area contributed by atoms with Crippen LogP contribution in [0.2, 0.25) is 0 Å². The number of hydrogen-bond acceptors (Lipinski definition) is 3. The summed E-state index contributed by atoms with van der Waals surface area (Å²) in [6.07, 6.45) is -4.36. The van der Waals surface area contributed by atoms with Crippen molar-refractivity contribution in [2.24, 2.45) is 0 Å². The van der Waals surface area contributed by atoms with E-state index in [1.165, 1.54) is 12.1 Å². The molecule has 3 rings (SSSR count). The number of fused-ring (bicyclic) bond motifs is 1. The zero-order valence-electron chi connectivity index (χ0n) is 14.3. The van der Waals surface area contributed by atoms with Crippen molar-refractivity contribution in [3.8, 4) is 0 Å². The van der Waals surface area contributed by atoms with Crippen LogP contribution in [0, 0.1) is 6.92 Å². The molecule has 0 fully saturated rings. The van der Waals surface area contributed by atoms with Crippen LogP contribution in [0.25, 0.3) is 11.0 Å². The molecule has 0 aliphatic carbocycles. The lowest BCUT2D eigenvalue weighted by Crippen LogP contribution is -2.07. The number of aromatic nitrogens is 2. The van der Waals surface area contributed by atoms with Gasteiger partial charge in [0.25, 0.3) is 0 Å². The number of nitrogens with zero attached hydrogens (tertiary/aromatic N) is 2. The van der Waals surface area contributed by atoms with Crippen LogP contribution < -0.4 is 0 Å². The largest absolute Gasteiger partial charge is 0.462 e. The van der Waals surface area contributed by atoms with Gasteiger partial charge in [-0.3, -0.25) is 0 Å². The van der Waals surface area contributed by atoms with E-state index in [9.17, 15) is 18.0 Å². The molecule has 1 heterocycles. The first-order valence-electron chi connectivity index (χ1n) is 8.09. The highest BCUT2D eigenvalue weighted by Gasteiger charge is 2.29. The molecule has 0 N–H and O–H groups in total. The maximum absolute atomic E-state index is 12.7. The Balaban J connectivity index is 1.95. The van der Waals surface area contributed by atoms with E-state index in [0.717, 1.165) is 17.6 Å². The molecule has 3 aromatic rings. The van der Waals surface area contributed by atoms with E-state index in [4.69, 9.17) is 4.74 Å². The summed E-state index contributed by atoms with van der Waals surface area (Å²) in [6, 6.07) is 10.1. The van der Waals surface area contributed by atoms with Crippen molar-refractivity contribution >= 4 is 17.0 Å². The summed E-state index contributed by atoms with van der Waals surface area (Å²) >= 11 is 0. The third-order valence-corrected chi connectivity index (χ3v) is 4.07. The first-order chi connectivity index (χ1) is 12.3. The van der Waals surface area contributed by atoms with E-state index in [0.29, 0.717) is 29.0 Å². The number of carbonyl (C=O) groups excluding carboxylic acids is 1. The van der Waals surface area contributed by atoms with E-state index in [-0.39, 0.29) is 6.61 Å². The molecule has 0 aliphatic rings. The second kappa shape index (κ2) is 6.82. The smallest absolute Gasteiger partial charge is 0.416 e. The van der Waals surface area contributed by atoms with Crippen LogP contribution in [0.3, 0.4) is 0 Å². The molecule has 26 heavy (non-hydrogen) atoms. The molecule has 0 aliphatic heterocycles. The van der Waals surface area contributed by atoms with Crippen LogP contribution in [0.5, 0.6) is 0 Å². The third kappa shape index (κ3) is 3.56. The standard InChI is InChI=1S/C19H17F3N2O2/c1-3-26-18(25)14-6-9-16-17(10-14)24(12(2)23-16)11-13-4-7-15(8-5-13)19(20,21)22/h4-10H,3,11H2,1-2H3. The SMILES string of the molecule is CCOC(=O)c1ccc2nc(C)n(Cc3ccc(C(F)(F)F)cc3)c2c1. The molecule has 0 spiro atoms. The summed E-state index contributed by atoms with van der Waals surface area (Å²) in [4.78, 5) is 16.4. The van der Waals surface area contributed by atoms with Crippen molar-refractivity contribution in [3.05, 3.63) is 65.0 Å². The Hall–Kier alpha value is -2.83. The highest BCUT2D eigenvalue weighted by atomic mass is 19.4. The summed E-state index contributed by atoms with van der Waals surface area (Å²) in [7, 11) is 0. The van der Waals surface area contributed by atoms with Crippen molar-refractivity contribution < 1.29 is 22.7 Å². The summed E-state index contributed by atoms with van der Waals surface area (Å²) in [6.45, 7) is 4.18. The van der Waals surface area contributed by atoms with E-state index in [1.807, 2.05) is 11.5 Å². The summed E-state index contributed by atoms with van der Waals surface area (Å²) in [5.41, 5.74) is 1.88. The van der Waals surface area contributed by atoms with Gasteiger partial charge >= 0.3 is 12.1 Å². The molecule has 0 bridgehead atoms. The van der Waals surface area contributed by atoms with Gasteiger partial charge in [0.2, 0.25) is 0 Å². The molecule has 0 unspecified atom stereocenters. The van der Waals surface area contributed by atoms with Gasteiger partial charge in [-0.25, -0.2) is 9.78 Å². The van der Waals surface area contributed by atoms with Gasteiger partial charge in [-0.1, -0.05) is 12.1 Å². The van der Waals surface area contributed by atoms with Gasteiger partial charge in [0, 0.05) is 6.54 Å². The summed E-state index contributed by atoms with van der Waals surface area (Å²) in [5.74, 6) is 0.287. The zero-order valence-corrected chi connectivity index (χ0v) is 14.3. The maximum Gasteiger partial charge on any atom is 0.416 e. The molecular formula is C19H17F3N2O2. The molecule has 0 amide bonds. The first-order valence-corrected chi connectivity index (χ1v) is 8.09. The van der Waals surface area contributed by atoms with Crippen LogP contribution in [-0.4, -0.2) is 22.1 Å². The minimum atomic E-state index is -4.36. The summed E-state index contributed by atoms with van der Waals surface area (Å²) in [5, 5.41) is 0. The first kappa shape index (κ1) is 18.0. The number of benzene rings is 2. The molecule has 0 radical (unpaired) electrons. The number of ether oxygens (including phenoxy) is 1. The molecule has 136 valence electrons. The molecule has 7 heteroatoms. The fourth-order valence-electron chi connectivity index (χ4n) is 2.77. The van der Waals surface area contributed by atoms with Gasteiger partial charge in [0.05, 0.1) is 28.8 Å². The number of carbonyl (C=O) groups is 1. The lowest BCUT2D eigenvalue weighted by Gasteiger charge is -2.10. The molecule has 2 aromatic carbocycles. The molecule has 1 aromatic heterocycles. The molecule has 0 atom stereocenters. The maximum atomic E-state index is 12.7. The number of aryl methyl sites for hydroxylation is 1. The Bertz CT molecular complexity index is 944. The van der Waals surface area contributed by atoms with Crippen LogP contribution in [0.15, 0.2) is 42.5 Å². The number of esters is 1. The lowest BCUT2D eigenvalue weighted by molar-refractivity contribution is -0.137. The molecular weight excluding hydrogens is 345 g/mol. The third-order valence-electron chi connectivity index (χ3n) is 4.07. The average molecular weight is 362 g/mol. The quantitative estimate of drug-likeness (QED) is 0.638. The molecule has 4 nitrogen and oxygen atoms in total. The van der Waals surface area contributed by atoms with Crippen molar-refractivity contribution in [1.29, 1.82) is 0 Å². The monoisotopic (exact) mass is 362 g/mol. The van der Waals surface area contributed by atoms with Crippen molar-refractivity contribution in [1.82, 2.24) is 9.55 Å². The van der Waals surface area contributed by atoms with Gasteiger partial charge in [0.1, 0.15) is 5.82 Å². The van der Waals surface area contributed by atoms with Crippen molar-refractivity contribution in [2.75, 3.05) is 6.61 Å². The number of rotatable bonds is 4. The van der Waals surface area contributed by atoms with E-state index in [2.05, 4.69) is 4.98 Å². The normalized spacial score (nSPS) is 11.7. The predicted molar refractivity (Wildman–Crippen MR) is 91.0 cm³/mol. The second-order valence-electron chi connectivity index (χ2n) is 5.86. The van der Waals surface area contributed by atoms with Crippen LogP contribution in [0.4, 0.5) is 13.2 Å². The van der Waals surface area contributed by atoms with Gasteiger partial charge in [-0.05, 0) is 49.7 Å². The van der Waals surface area contributed by atoms with Gasteiger partial charge in [-0.15, -0.1) is 0 Å². The Labute approximate surface area is 148 Å². The van der Waals surface area contributed by atoms with Gasteiger partial charge in [0.15, 0.2) is 0 Å². The predicted octanol–water partition coefficient (Wildman–Crippen LogP) is 4.59. The highest BCUT2D eigenvalue weighted by molar-refractivity contribution is 5.93. The van der Waals surface area contributed by atoms with Crippen LogP contribution in [0.1, 0.15) is 34.2 Å². The summed E-state index contributed by atoms with van der Waals surface area (Å²) < 4.78 is 45.0.